The van der Waals surface area contributed by atoms with E-state index in [1.165, 1.54) is 6.21 Å². The van der Waals surface area contributed by atoms with Gasteiger partial charge in [-0.05, 0) is 43.2 Å². The third-order valence-corrected chi connectivity index (χ3v) is 3.10. The zero-order valence-electron chi connectivity index (χ0n) is 13.3. The first-order chi connectivity index (χ1) is 11.1. The third kappa shape index (κ3) is 5.79. The van der Waals surface area contributed by atoms with Crippen molar-refractivity contribution in [2.45, 2.75) is 20.0 Å². The van der Waals surface area contributed by atoms with Gasteiger partial charge in [0.15, 0.2) is 6.10 Å². The molecule has 2 aromatic rings. The van der Waals surface area contributed by atoms with Crippen LogP contribution in [0.2, 0.25) is 0 Å². The molecule has 2 aromatic carbocycles. The van der Waals surface area contributed by atoms with Crippen molar-refractivity contribution in [3.05, 3.63) is 71.8 Å². The maximum absolute atomic E-state index is 11.9. The van der Waals surface area contributed by atoms with Crippen molar-refractivity contribution in [1.82, 2.24) is 5.43 Å². The lowest BCUT2D eigenvalue weighted by Gasteiger charge is -2.13. The maximum Gasteiger partial charge on any atom is 0.280 e. The van der Waals surface area contributed by atoms with Gasteiger partial charge in [0.25, 0.3) is 5.91 Å². The summed E-state index contributed by atoms with van der Waals surface area (Å²) >= 11 is 0. The summed E-state index contributed by atoms with van der Waals surface area (Å²) in [6.07, 6.45) is 4.58. The molecule has 0 aliphatic heterocycles. The molecule has 0 aliphatic rings. The van der Waals surface area contributed by atoms with Crippen LogP contribution in [0.3, 0.4) is 0 Å². The standard InChI is InChI=1S/C19H20N2O2/c1-15-8-6-12-18(14-15)23-16(2)19(22)21-20-13-7-11-17-9-4-3-5-10-17/h3-14,16H,1-2H3,(H,21,22)/b11-7+,20-13+/t16-/m0/s1. The largest absolute Gasteiger partial charge is 0.481 e. The van der Waals surface area contributed by atoms with Gasteiger partial charge in [-0.15, -0.1) is 0 Å². The Bertz CT molecular complexity index is 694. The van der Waals surface area contributed by atoms with Gasteiger partial charge in [0.05, 0.1) is 0 Å². The molecule has 4 nitrogen and oxygen atoms in total. The molecule has 0 saturated carbocycles. The van der Waals surface area contributed by atoms with E-state index in [2.05, 4.69) is 10.5 Å². The lowest BCUT2D eigenvalue weighted by atomic mass is 10.2. The van der Waals surface area contributed by atoms with Crippen molar-refractivity contribution in [2.75, 3.05) is 0 Å². The number of carbonyl (C=O) groups excluding carboxylic acids is 1. The number of hydrogen-bond donors (Lipinski definition) is 1. The van der Waals surface area contributed by atoms with Gasteiger partial charge < -0.3 is 4.74 Å². The van der Waals surface area contributed by atoms with Crippen LogP contribution >= 0.6 is 0 Å². The van der Waals surface area contributed by atoms with Gasteiger partial charge in [0.1, 0.15) is 5.75 Å². The zero-order chi connectivity index (χ0) is 16.5. The van der Waals surface area contributed by atoms with E-state index < -0.39 is 6.10 Å². The van der Waals surface area contributed by atoms with Gasteiger partial charge in [-0.2, -0.15) is 5.10 Å². The number of amides is 1. The van der Waals surface area contributed by atoms with E-state index in [9.17, 15) is 4.79 Å². The van der Waals surface area contributed by atoms with Crippen LogP contribution in [-0.4, -0.2) is 18.2 Å². The molecule has 0 bridgehead atoms. The number of aryl methyl sites for hydroxylation is 1. The van der Waals surface area contributed by atoms with Crippen molar-refractivity contribution in [3.63, 3.8) is 0 Å². The second-order valence-electron chi connectivity index (χ2n) is 5.10. The van der Waals surface area contributed by atoms with Gasteiger partial charge in [-0.3, -0.25) is 4.79 Å². The van der Waals surface area contributed by atoms with Crippen molar-refractivity contribution < 1.29 is 9.53 Å². The average Bonchev–Trinajstić information content (AvgIpc) is 2.55. The summed E-state index contributed by atoms with van der Waals surface area (Å²) in [7, 11) is 0. The second-order valence-corrected chi connectivity index (χ2v) is 5.10. The maximum atomic E-state index is 11.9. The Kier molecular flexibility index (Phi) is 6.12. The number of allylic oxidation sites excluding steroid dienone is 1. The smallest absolute Gasteiger partial charge is 0.280 e. The highest BCUT2D eigenvalue weighted by molar-refractivity contribution is 5.83. The first-order valence-electron chi connectivity index (χ1n) is 7.43. The van der Waals surface area contributed by atoms with E-state index in [0.717, 1.165) is 11.1 Å². The number of hydrogen-bond acceptors (Lipinski definition) is 3. The molecule has 0 spiro atoms. The highest BCUT2D eigenvalue weighted by atomic mass is 16.5. The number of hydrazone groups is 1. The quantitative estimate of drug-likeness (QED) is 0.655. The fourth-order valence-electron chi connectivity index (χ4n) is 1.90. The second kappa shape index (κ2) is 8.54. The molecule has 118 valence electrons. The van der Waals surface area contributed by atoms with Crippen LogP contribution in [0.4, 0.5) is 0 Å². The first kappa shape index (κ1) is 16.5. The molecule has 0 heterocycles. The van der Waals surface area contributed by atoms with Gasteiger partial charge >= 0.3 is 0 Å². The number of carbonyl (C=O) groups is 1. The molecule has 4 heteroatoms. The molecule has 23 heavy (non-hydrogen) atoms. The van der Waals surface area contributed by atoms with Crippen LogP contribution in [0.1, 0.15) is 18.1 Å². The summed E-state index contributed by atoms with van der Waals surface area (Å²) < 4.78 is 5.58. The Morgan fingerprint density at radius 3 is 2.70 bits per heavy atom. The topological polar surface area (TPSA) is 50.7 Å². The number of ether oxygens (including phenoxy) is 1. The summed E-state index contributed by atoms with van der Waals surface area (Å²) in [6, 6.07) is 17.4. The minimum absolute atomic E-state index is 0.295. The molecule has 0 aromatic heterocycles. The molecule has 2 rings (SSSR count). The van der Waals surface area contributed by atoms with Crippen molar-refractivity contribution in [1.29, 1.82) is 0 Å². The third-order valence-electron chi connectivity index (χ3n) is 3.10. The van der Waals surface area contributed by atoms with Gasteiger partial charge in [-0.25, -0.2) is 5.43 Å². The number of benzene rings is 2. The molecule has 1 N–H and O–H groups in total. The Labute approximate surface area is 136 Å². The van der Waals surface area contributed by atoms with E-state index in [4.69, 9.17) is 4.74 Å². The lowest BCUT2D eigenvalue weighted by Crippen LogP contribution is -2.33. The van der Waals surface area contributed by atoms with Crippen LogP contribution < -0.4 is 10.2 Å². The van der Waals surface area contributed by atoms with E-state index in [1.807, 2.05) is 67.6 Å². The van der Waals surface area contributed by atoms with Gasteiger partial charge in [-0.1, -0.05) is 48.5 Å². The summed E-state index contributed by atoms with van der Waals surface area (Å²) in [5.74, 6) is 0.372. The van der Waals surface area contributed by atoms with E-state index in [0.29, 0.717) is 5.75 Å². The number of nitrogens with one attached hydrogen (secondary N) is 1. The highest BCUT2D eigenvalue weighted by Crippen LogP contribution is 2.14. The normalized spacial score (nSPS) is 12.4. The number of rotatable bonds is 6. The summed E-state index contributed by atoms with van der Waals surface area (Å²) in [4.78, 5) is 11.9. The van der Waals surface area contributed by atoms with Gasteiger partial charge in [0.2, 0.25) is 0 Å². The van der Waals surface area contributed by atoms with Crippen LogP contribution in [0.25, 0.3) is 6.08 Å². The van der Waals surface area contributed by atoms with Crippen LogP contribution in [0.15, 0.2) is 65.8 Å². The average molecular weight is 308 g/mol. The van der Waals surface area contributed by atoms with Crippen LogP contribution in [0.5, 0.6) is 5.75 Å². The van der Waals surface area contributed by atoms with Crippen LogP contribution in [-0.2, 0) is 4.79 Å². The van der Waals surface area contributed by atoms with Crippen molar-refractivity contribution in [2.24, 2.45) is 5.10 Å². The molecule has 0 saturated heterocycles. The Balaban J connectivity index is 1.79. The zero-order valence-corrected chi connectivity index (χ0v) is 13.3. The SMILES string of the molecule is Cc1cccc(O[C@@H](C)C(=O)N/N=C/C=C/c2ccccc2)c1. The molecule has 0 fully saturated rings. The summed E-state index contributed by atoms with van der Waals surface area (Å²) in [5, 5.41) is 3.88. The molecular weight excluding hydrogens is 288 g/mol. The Hall–Kier alpha value is -2.88. The van der Waals surface area contributed by atoms with Gasteiger partial charge in [0, 0.05) is 6.21 Å². The fraction of sp³-hybridized carbons (Fsp3) is 0.158. The molecule has 0 unspecified atom stereocenters. The van der Waals surface area contributed by atoms with E-state index in [1.54, 1.807) is 13.0 Å². The molecule has 0 radical (unpaired) electrons. The van der Waals surface area contributed by atoms with Crippen LogP contribution in [0, 0.1) is 6.92 Å². The molecule has 0 aliphatic carbocycles. The fourth-order valence-corrected chi connectivity index (χ4v) is 1.90. The predicted octanol–water partition coefficient (Wildman–Crippen LogP) is 3.58. The molecule has 1 atom stereocenters. The minimum atomic E-state index is -0.618. The highest BCUT2D eigenvalue weighted by Gasteiger charge is 2.13. The molecule has 1 amide bonds. The van der Waals surface area contributed by atoms with Crippen molar-refractivity contribution in [3.8, 4) is 5.75 Å². The number of nitrogens with zero attached hydrogens (tertiary/aromatic N) is 1. The first-order valence-corrected chi connectivity index (χ1v) is 7.43. The summed E-state index contributed by atoms with van der Waals surface area (Å²) in [6.45, 7) is 3.66. The Morgan fingerprint density at radius 2 is 1.96 bits per heavy atom. The monoisotopic (exact) mass is 308 g/mol. The Morgan fingerprint density at radius 1 is 1.17 bits per heavy atom. The molecular formula is C19H20N2O2. The van der Waals surface area contributed by atoms with Crippen molar-refractivity contribution >= 4 is 18.2 Å². The van der Waals surface area contributed by atoms with E-state index >= 15 is 0 Å². The lowest BCUT2D eigenvalue weighted by molar-refractivity contribution is -0.127. The predicted molar refractivity (Wildman–Crippen MR) is 93.4 cm³/mol. The minimum Gasteiger partial charge on any atom is -0.481 e. The summed E-state index contributed by atoms with van der Waals surface area (Å²) in [5.41, 5.74) is 4.61. The van der Waals surface area contributed by atoms with E-state index in [-0.39, 0.29) is 5.91 Å².